The van der Waals surface area contributed by atoms with Crippen LogP contribution in [0.2, 0.25) is 0 Å². The van der Waals surface area contributed by atoms with Gasteiger partial charge in [0.05, 0.1) is 26.4 Å². The number of carbonyl (C=O) groups excluding carboxylic acids is 3. The topological polar surface area (TPSA) is 124 Å². The van der Waals surface area contributed by atoms with Crippen molar-refractivity contribution in [3.8, 4) is 0 Å². The van der Waals surface area contributed by atoms with E-state index in [2.05, 4.69) is 16.0 Å². The average Bonchev–Trinajstić information content (AvgIpc) is 2.85. The highest BCUT2D eigenvalue weighted by Gasteiger charge is 2.15. The fourth-order valence-electron chi connectivity index (χ4n) is 3.12. The Labute approximate surface area is 221 Å². The summed E-state index contributed by atoms with van der Waals surface area (Å²) in [5, 5.41) is 8.22. The molecule has 3 N–H and O–H groups in total. The third-order valence-electron chi connectivity index (χ3n) is 4.92. The smallest absolute Gasteiger partial charge is 0.407 e. The van der Waals surface area contributed by atoms with E-state index in [9.17, 15) is 14.4 Å². The van der Waals surface area contributed by atoms with E-state index < -0.39 is 11.7 Å². The molecule has 0 bridgehead atoms. The minimum absolute atomic E-state index is 0.0247. The van der Waals surface area contributed by atoms with Crippen molar-refractivity contribution in [1.82, 2.24) is 16.0 Å². The van der Waals surface area contributed by atoms with Crippen LogP contribution in [0.5, 0.6) is 0 Å². The lowest BCUT2D eigenvalue weighted by Crippen LogP contribution is -2.32. The predicted molar refractivity (Wildman–Crippen MR) is 141 cm³/mol. The van der Waals surface area contributed by atoms with E-state index in [1.165, 1.54) is 0 Å². The normalized spacial score (nSPS) is 11.0. The van der Waals surface area contributed by atoms with Crippen LogP contribution in [-0.4, -0.2) is 69.8 Å². The monoisotopic (exact) mass is 523 g/mol. The van der Waals surface area contributed by atoms with E-state index in [0.29, 0.717) is 52.5 Å². The van der Waals surface area contributed by atoms with Gasteiger partial charge in [-0.2, -0.15) is 0 Å². The Morgan fingerprint density at radius 2 is 1.30 bits per heavy atom. The van der Waals surface area contributed by atoms with Crippen LogP contribution in [0.3, 0.4) is 0 Å². The lowest BCUT2D eigenvalue weighted by atomic mass is 10.1. The van der Waals surface area contributed by atoms with Gasteiger partial charge in [0.1, 0.15) is 12.2 Å². The largest absolute Gasteiger partial charge is 0.445 e. The number of carbonyl (C=O) groups is 3. The number of amides is 3. The molecule has 0 aromatic heterocycles. The third-order valence-corrected chi connectivity index (χ3v) is 4.92. The van der Waals surface area contributed by atoms with Crippen molar-refractivity contribution in [2.24, 2.45) is 0 Å². The molecular formula is C27H45N3O7. The maximum atomic E-state index is 11.9. The molecule has 210 valence electrons. The van der Waals surface area contributed by atoms with Gasteiger partial charge in [-0.1, -0.05) is 49.6 Å². The highest BCUT2D eigenvalue weighted by atomic mass is 16.6. The van der Waals surface area contributed by atoms with Gasteiger partial charge in [-0.3, -0.25) is 4.79 Å². The Morgan fingerprint density at radius 3 is 1.97 bits per heavy atom. The second kappa shape index (κ2) is 20.2. The van der Waals surface area contributed by atoms with E-state index >= 15 is 0 Å². The van der Waals surface area contributed by atoms with E-state index in [4.69, 9.17) is 18.9 Å². The molecule has 10 nitrogen and oxygen atoms in total. The molecule has 0 aliphatic carbocycles. The summed E-state index contributed by atoms with van der Waals surface area (Å²) in [6.45, 7) is 8.76. The summed E-state index contributed by atoms with van der Waals surface area (Å²) in [4.78, 5) is 35.0. The summed E-state index contributed by atoms with van der Waals surface area (Å²) in [5.41, 5.74) is 0.451. The molecule has 0 aliphatic heterocycles. The molecule has 0 heterocycles. The fraction of sp³-hybridized carbons (Fsp3) is 0.667. The van der Waals surface area contributed by atoms with Gasteiger partial charge in [0.15, 0.2) is 0 Å². The molecule has 0 fully saturated rings. The number of hydrogen-bond acceptors (Lipinski definition) is 7. The van der Waals surface area contributed by atoms with Gasteiger partial charge in [-0.25, -0.2) is 9.59 Å². The molecular weight excluding hydrogens is 478 g/mol. The van der Waals surface area contributed by atoms with Crippen LogP contribution in [-0.2, 0) is 30.3 Å². The Kier molecular flexibility index (Phi) is 17.6. The Morgan fingerprint density at radius 1 is 0.703 bits per heavy atom. The van der Waals surface area contributed by atoms with Crippen LogP contribution in [0.1, 0.15) is 64.9 Å². The first-order valence-corrected chi connectivity index (χ1v) is 13.1. The van der Waals surface area contributed by atoms with E-state index in [-0.39, 0.29) is 18.6 Å². The Hall–Kier alpha value is -2.85. The molecule has 0 unspecified atom stereocenters. The molecule has 0 aliphatic rings. The predicted octanol–water partition coefficient (Wildman–Crippen LogP) is 3.93. The Bertz CT molecular complexity index is 754. The number of rotatable bonds is 19. The van der Waals surface area contributed by atoms with E-state index in [0.717, 1.165) is 37.7 Å². The molecule has 3 amide bonds. The Balaban J connectivity index is 1.80. The van der Waals surface area contributed by atoms with Crippen molar-refractivity contribution in [3.05, 3.63) is 35.9 Å². The molecule has 0 spiro atoms. The number of hydrogen-bond donors (Lipinski definition) is 3. The third kappa shape index (κ3) is 21.0. The number of ether oxygens (including phenoxy) is 4. The summed E-state index contributed by atoms with van der Waals surface area (Å²) in [6, 6.07) is 9.47. The second-order valence-corrected chi connectivity index (χ2v) is 9.51. The fourth-order valence-corrected chi connectivity index (χ4v) is 3.12. The zero-order valence-electron chi connectivity index (χ0n) is 22.6. The maximum absolute atomic E-state index is 11.9. The van der Waals surface area contributed by atoms with Gasteiger partial charge in [0.25, 0.3) is 0 Å². The minimum Gasteiger partial charge on any atom is -0.445 e. The van der Waals surface area contributed by atoms with Crippen LogP contribution in [0.15, 0.2) is 30.3 Å². The number of alkyl carbamates (subject to hydrolysis) is 2. The van der Waals surface area contributed by atoms with Crippen molar-refractivity contribution in [1.29, 1.82) is 0 Å². The van der Waals surface area contributed by atoms with Crippen molar-refractivity contribution >= 4 is 18.1 Å². The highest BCUT2D eigenvalue weighted by molar-refractivity contribution is 5.75. The highest BCUT2D eigenvalue weighted by Crippen LogP contribution is 2.07. The second-order valence-electron chi connectivity index (χ2n) is 9.51. The minimum atomic E-state index is -0.480. The van der Waals surface area contributed by atoms with E-state index in [1.54, 1.807) is 0 Å². The molecule has 1 rings (SSSR count). The zero-order chi connectivity index (χ0) is 27.2. The zero-order valence-corrected chi connectivity index (χ0v) is 22.6. The first-order chi connectivity index (χ1) is 17.8. The quantitative estimate of drug-likeness (QED) is 0.235. The SMILES string of the molecule is CC(C)(C)OC(=O)NCCCCCCCC(=O)NCCOCCOCCNC(=O)OCc1ccccc1. The molecule has 0 saturated carbocycles. The number of unbranched alkanes of at least 4 members (excludes halogenated alkanes) is 4. The van der Waals surface area contributed by atoms with Crippen molar-refractivity contribution in [2.75, 3.05) is 46.1 Å². The van der Waals surface area contributed by atoms with Crippen molar-refractivity contribution < 1.29 is 33.3 Å². The van der Waals surface area contributed by atoms with Crippen molar-refractivity contribution in [2.45, 2.75) is 71.5 Å². The van der Waals surface area contributed by atoms with Gasteiger partial charge in [0.2, 0.25) is 5.91 Å². The molecule has 0 radical (unpaired) electrons. The lowest BCUT2D eigenvalue weighted by Gasteiger charge is -2.19. The van der Waals surface area contributed by atoms with E-state index in [1.807, 2.05) is 51.1 Å². The molecule has 1 aromatic rings. The van der Waals surface area contributed by atoms with Crippen molar-refractivity contribution in [3.63, 3.8) is 0 Å². The summed E-state index contributed by atoms with van der Waals surface area (Å²) < 4.78 is 21.1. The summed E-state index contributed by atoms with van der Waals surface area (Å²) >= 11 is 0. The maximum Gasteiger partial charge on any atom is 0.407 e. The van der Waals surface area contributed by atoms with Crippen LogP contribution >= 0.6 is 0 Å². The molecule has 10 heteroatoms. The van der Waals surface area contributed by atoms with Crippen LogP contribution < -0.4 is 16.0 Å². The summed E-state index contributed by atoms with van der Waals surface area (Å²) in [5.74, 6) is 0.0247. The first kappa shape index (κ1) is 32.2. The summed E-state index contributed by atoms with van der Waals surface area (Å²) in [7, 11) is 0. The van der Waals surface area contributed by atoms with Crippen LogP contribution in [0, 0.1) is 0 Å². The first-order valence-electron chi connectivity index (χ1n) is 13.1. The standard InChI is InChI=1S/C27H45N3O7/c1-27(2,3)37-26(33)29-15-11-6-4-5-10-14-24(31)28-16-18-34-20-21-35-19-17-30-25(32)36-22-23-12-8-7-9-13-23/h7-9,12-13H,4-6,10-11,14-22H2,1-3H3,(H,28,31)(H,29,33)(H,30,32). The summed E-state index contributed by atoms with van der Waals surface area (Å²) in [6.07, 6.45) is 4.38. The average molecular weight is 524 g/mol. The molecule has 0 saturated heterocycles. The lowest BCUT2D eigenvalue weighted by molar-refractivity contribution is -0.121. The molecule has 0 atom stereocenters. The molecule has 37 heavy (non-hydrogen) atoms. The van der Waals surface area contributed by atoms with Gasteiger partial charge in [0, 0.05) is 26.1 Å². The van der Waals surface area contributed by atoms with Gasteiger partial charge < -0.3 is 34.9 Å². The van der Waals surface area contributed by atoms with Gasteiger partial charge in [-0.15, -0.1) is 0 Å². The van der Waals surface area contributed by atoms with Gasteiger partial charge >= 0.3 is 12.2 Å². The van der Waals surface area contributed by atoms with Gasteiger partial charge in [-0.05, 0) is 39.2 Å². The van der Waals surface area contributed by atoms with Crippen LogP contribution in [0.25, 0.3) is 0 Å². The molecule has 1 aromatic carbocycles. The number of nitrogens with one attached hydrogen (secondary N) is 3. The van der Waals surface area contributed by atoms with Crippen LogP contribution in [0.4, 0.5) is 9.59 Å². The number of benzene rings is 1.